The SMILES string of the molecule is CCC(C(=O)O)c1nc(-c2ccc(Br)cc2)cs1. The van der Waals surface area contributed by atoms with Gasteiger partial charge in [0.15, 0.2) is 0 Å². The standard InChI is InChI=1S/C13H12BrNO2S/c1-2-10(13(16)17)12-15-11(7-18-12)8-3-5-9(14)6-4-8/h3-7,10H,2H2,1H3,(H,16,17). The molecule has 2 aromatic rings. The first kappa shape index (κ1) is 13.2. The number of nitrogens with zero attached hydrogens (tertiary/aromatic N) is 1. The van der Waals surface area contributed by atoms with Crippen LogP contribution >= 0.6 is 27.3 Å². The summed E-state index contributed by atoms with van der Waals surface area (Å²) in [5, 5.41) is 11.7. The highest BCUT2D eigenvalue weighted by atomic mass is 79.9. The van der Waals surface area contributed by atoms with E-state index < -0.39 is 11.9 Å². The first-order valence-corrected chi connectivity index (χ1v) is 7.23. The maximum absolute atomic E-state index is 11.1. The van der Waals surface area contributed by atoms with Gasteiger partial charge in [0.05, 0.1) is 5.69 Å². The number of halogens is 1. The van der Waals surface area contributed by atoms with Crippen LogP contribution in [0.15, 0.2) is 34.1 Å². The lowest BCUT2D eigenvalue weighted by molar-refractivity contribution is -0.138. The minimum atomic E-state index is -0.811. The summed E-state index contributed by atoms with van der Waals surface area (Å²) in [6.07, 6.45) is 0.558. The van der Waals surface area contributed by atoms with Crippen molar-refractivity contribution in [3.63, 3.8) is 0 Å². The van der Waals surface area contributed by atoms with Crippen molar-refractivity contribution in [3.05, 3.63) is 39.1 Å². The number of thiazole rings is 1. The highest BCUT2D eigenvalue weighted by Crippen LogP contribution is 2.29. The van der Waals surface area contributed by atoms with Gasteiger partial charge in [-0.1, -0.05) is 35.0 Å². The van der Waals surface area contributed by atoms with E-state index in [1.54, 1.807) is 0 Å². The van der Waals surface area contributed by atoms with E-state index in [0.717, 1.165) is 15.7 Å². The average molecular weight is 326 g/mol. The van der Waals surface area contributed by atoms with Crippen molar-refractivity contribution < 1.29 is 9.90 Å². The van der Waals surface area contributed by atoms with E-state index >= 15 is 0 Å². The number of aliphatic carboxylic acids is 1. The Hall–Kier alpha value is -1.20. The molecule has 0 amide bonds. The normalized spacial score (nSPS) is 12.3. The lowest BCUT2D eigenvalue weighted by Gasteiger charge is -2.04. The van der Waals surface area contributed by atoms with Crippen LogP contribution < -0.4 is 0 Å². The van der Waals surface area contributed by atoms with Crippen molar-refractivity contribution in [1.82, 2.24) is 4.98 Å². The Kier molecular flexibility index (Phi) is 4.14. The number of carboxylic acid groups (broad SMARTS) is 1. The number of hydrogen-bond donors (Lipinski definition) is 1. The molecule has 0 saturated heterocycles. The first-order valence-electron chi connectivity index (χ1n) is 5.56. The summed E-state index contributed by atoms with van der Waals surface area (Å²) in [7, 11) is 0. The van der Waals surface area contributed by atoms with Gasteiger partial charge >= 0.3 is 5.97 Å². The highest BCUT2D eigenvalue weighted by molar-refractivity contribution is 9.10. The molecular formula is C13H12BrNO2S. The highest BCUT2D eigenvalue weighted by Gasteiger charge is 2.21. The third-order valence-corrected chi connectivity index (χ3v) is 4.15. The number of benzene rings is 1. The van der Waals surface area contributed by atoms with Crippen LogP contribution in [0.1, 0.15) is 24.3 Å². The van der Waals surface area contributed by atoms with Gasteiger partial charge < -0.3 is 5.11 Å². The van der Waals surface area contributed by atoms with Crippen LogP contribution in [0.2, 0.25) is 0 Å². The molecule has 0 bridgehead atoms. The van der Waals surface area contributed by atoms with Crippen molar-refractivity contribution >= 4 is 33.2 Å². The second-order valence-corrected chi connectivity index (χ2v) is 5.68. The quantitative estimate of drug-likeness (QED) is 0.918. The van der Waals surface area contributed by atoms with Crippen LogP contribution in [0.3, 0.4) is 0 Å². The molecule has 1 aromatic carbocycles. The molecule has 1 aromatic heterocycles. The van der Waals surface area contributed by atoms with Gasteiger partial charge in [-0.2, -0.15) is 0 Å². The zero-order valence-electron chi connectivity index (χ0n) is 9.76. The largest absolute Gasteiger partial charge is 0.481 e. The predicted molar refractivity (Wildman–Crippen MR) is 75.9 cm³/mol. The molecule has 5 heteroatoms. The second-order valence-electron chi connectivity index (χ2n) is 3.88. The molecule has 0 spiro atoms. The van der Waals surface area contributed by atoms with Crippen LogP contribution in [0.4, 0.5) is 0 Å². The molecule has 1 heterocycles. The van der Waals surface area contributed by atoms with Gasteiger partial charge in [-0.15, -0.1) is 11.3 Å². The number of carbonyl (C=O) groups is 1. The average Bonchev–Trinajstić information content (AvgIpc) is 2.80. The lowest BCUT2D eigenvalue weighted by Crippen LogP contribution is -2.09. The molecule has 0 aliphatic heterocycles. The summed E-state index contributed by atoms with van der Waals surface area (Å²) in [4.78, 5) is 15.5. The summed E-state index contributed by atoms with van der Waals surface area (Å²) in [6.45, 7) is 1.86. The Bertz CT molecular complexity index is 550. The van der Waals surface area contributed by atoms with Crippen LogP contribution in [0.5, 0.6) is 0 Å². The lowest BCUT2D eigenvalue weighted by atomic mass is 10.1. The molecule has 0 aliphatic carbocycles. The summed E-state index contributed by atoms with van der Waals surface area (Å²) in [6, 6.07) is 7.82. The minimum Gasteiger partial charge on any atom is -0.481 e. The summed E-state index contributed by atoms with van der Waals surface area (Å²) < 4.78 is 1.01. The molecule has 0 aliphatic rings. The Morgan fingerprint density at radius 1 is 1.44 bits per heavy atom. The molecule has 1 unspecified atom stereocenters. The van der Waals surface area contributed by atoms with Gasteiger partial charge in [0.1, 0.15) is 10.9 Å². The Morgan fingerprint density at radius 3 is 2.67 bits per heavy atom. The van der Waals surface area contributed by atoms with Gasteiger partial charge in [0, 0.05) is 15.4 Å². The first-order chi connectivity index (χ1) is 8.61. The topological polar surface area (TPSA) is 50.2 Å². The van der Waals surface area contributed by atoms with E-state index in [0.29, 0.717) is 11.4 Å². The van der Waals surface area contributed by atoms with Crippen molar-refractivity contribution in [2.75, 3.05) is 0 Å². The zero-order valence-corrected chi connectivity index (χ0v) is 12.2. The smallest absolute Gasteiger partial charge is 0.313 e. The van der Waals surface area contributed by atoms with Gasteiger partial charge in [-0.05, 0) is 18.6 Å². The molecule has 0 radical (unpaired) electrons. The maximum Gasteiger partial charge on any atom is 0.313 e. The number of rotatable bonds is 4. The molecule has 3 nitrogen and oxygen atoms in total. The third-order valence-electron chi connectivity index (χ3n) is 2.67. The van der Waals surface area contributed by atoms with Gasteiger partial charge in [-0.25, -0.2) is 4.98 Å². The number of hydrogen-bond acceptors (Lipinski definition) is 3. The molecule has 1 atom stereocenters. The molecule has 0 saturated carbocycles. The second kappa shape index (κ2) is 5.63. The molecule has 1 N–H and O–H groups in total. The van der Waals surface area contributed by atoms with E-state index in [1.807, 2.05) is 36.6 Å². The fraction of sp³-hybridized carbons (Fsp3) is 0.231. The van der Waals surface area contributed by atoms with Crippen LogP contribution in [-0.2, 0) is 4.79 Å². The van der Waals surface area contributed by atoms with E-state index in [-0.39, 0.29) is 0 Å². The third kappa shape index (κ3) is 2.79. The molecule has 2 rings (SSSR count). The van der Waals surface area contributed by atoms with Crippen LogP contribution in [-0.4, -0.2) is 16.1 Å². The van der Waals surface area contributed by atoms with Crippen molar-refractivity contribution in [3.8, 4) is 11.3 Å². The monoisotopic (exact) mass is 325 g/mol. The van der Waals surface area contributed by atoms with Crippen molar-refractivity contribution in [2.24, 2.45) is 0 Å². The van der Waals surface area contributed by atoms with Crippen molar-refractivity contribution in [1.29, 1.82) is 0 Å². The minimum absolute atomic E-state index is 0.501. The zero-order chi connectivity index (χ0) is 13.1. The van der Waals surface area contributed by atoms with Gasteiger partial charge in [-0.3, -0.25) is 4.79 Å². The number of carboxylic acids is 1. The predicted octanol–water partition coefficient (Wildman–Crippen LogP) is 4.15. The van der Waals surface area contributed by atoms with E-state index in [4.69, 9.17) is 5.11 Å². The summed E-state index contributed by atoms with van der Waals surface area (Å²) in [5.74, 6) is -1.31. The summed E-state index contributed by atoms with van der Waals surface area (Å²) >= 11 is 4.79. The van der Waals surface area contributed by atoms with Crippen LogP contribution in [0, 0.1) is 0 Å². The molecule has 94 valence electrons. The fourth-order valence-electron chi connectivity index (χ4n) is 1.66. The molecular weight excluding hydrogens is 314 g/mol. The fourth-order valence-corrected chi connectivity index (χ4v) is 2.92. The summed E-state index contributed by atoms with van der Waals surface area (Å²) in [5.41, 5.74) is 1.84. The van der Waals surface area contributed by atoms with Gasteiger partial charge in [0.25, 0.3) is 0 Å². The van der Waals surface area contributed by atoms with Gasteiger partial charge in [0.2, 0.25) is 0 Å². The van der Waals surface area contributed by atoms with Crippen LogP contribution in [0.25, 0.3) is 11.3 Å². The van der Waals surface area contributed by atoms with E-state index in [9.17, 15) is 4.79 Å². The van der Waals surface area contributed by atoms with E-state index in [2.05, 4.69) is 20.9 Å². The Labute approximate surface area is 118 Å². The number of aromatic nitrogens is 1. The Balaban J connectivity index is 2.30. The molecule has 18 heavy (non-hydrogen) atoms. The van der Waals surface area contributed by atoms with E-state index in [1.165, 1.54) is 11.3 Å². The van der Waals surface area contributed by atoms with Crippen molar-refractivity contribution in [2.45, 2.75) is 19.3 Å². The molecule has 0 fully saturated rings. The maximum atomic E-state index is 11.1. The Morgan fingerprint density at radius 2 is 2.11 bits per heavy atom.